The topological polar surface area (TPSA) is 49.7 Å². The van der Waals surface area contributed by atoms with Crippen LogP contribution in [0.25, 0.3) is 0 Å². The van der Waals surface area contributed by atoms with Crippen molar-refractivity contribution in [3.63, 3.8) is 0 Å². The molecule has 4 nitrogen and oxygen atoms in total. The highest BCUT2D eigenvalue weighted by atomic mass is 32.2. The molecule has 1 aliphatic heterocycles. The van der Waals surface area contributed by atoms with Crippen molar-refractivity contribution in [2.75, 3.05) is 0 Å². The minimum atomic E-state index is -1.60. The Labute approximate surface area is 138 Å². The molecule has 1 aliphatic rings. The van der Waals surface area contributed by atoms with Gasteiger partial charge in [0.1, 0.15) is 0 Å². The summed E-state index contributed by atoms with van der Waals surface area (Å²) in [6, 6.07) is 16.4. The number of hydrogen-bond acceptors (Lipinski definition) is 2. The molecule has 1 heterocycles. The van der Waals surface area contributed by atoms with Crippen LogP contribution in [0.1, 0.15) is 31.9 Å². The van der Waals surface area contributed by atoms with E-state index in [9.17, 15) is 9.00 Å². The van der Waals surface area contributed by atoms with Gasteiger partial charge in [-0.05, 0) is 26.8 Å². The second kappa shape index (κ2) is 5.74. The van der Waals surface area contributed by atoms with Crippen LogP contribution in [-0.2, 0) is 11.0 Å². The molecule has 0 unspecified atom stereocenters. The molecule has 0 fully saturated rings. The molecular formula is C18H18N2O2S. The highest BCUT2D eigenvalue weighted by Gasteiger charge is 2.36. The zero-order valence-corrected chi connectivity index (χ0v) is 14.1. The van der Waals surface area contributed by atoms with Crippen LogP contribution in [0.15, 0.2) is 64.5 Å². The third-order valence-electron chi connectivity index (χ3n) is 3.53. The van der Waals surface area contributed by atoms with Crippen molar-refractivity contribution in [2.45, 2.75) is 31.2 Å². The Morgan fingerprint density at radius 1 is 0.957 bits per heavy atom. The minimum Gasteiger partial charge on any atom is -0.245 e. The van der Waals surface area contributed by atoms with E-state index in [1.807, 2.05) is 69.3 Å². The number of hydrogen-bond donors (Lipinski definition) is 0. The van der Waals surface area contributed by atoms with Crippen LogP contribution >= 0.6 is 0 Å². The summed E-state index contributed by atoms with van der Waals surface area (Å²) in [6.07, 6.45) is 0. The fourth-order valence-corrected chi connectivity index (χ4v) is 3.96. The first-order valence-corrected chi connectivity index (χ1v) is 8.50. The van der Waals surface area contributed by atoms with Crippen LogP contribution < -0.4 is 0 Å². The van der Waals surface area contributed by atoms with E-state index in [1.165, 1.54) is 4.31 Å². The number of carbonyl (C=O) groups is 1. The predicted molar refractivity (Wildman–Crippen MR) is 91.9 cm³/mol. The van der Waals surface area contributed by atoms with E-state index in [0.717, 1.165) is 11.1 Å². The number of nitrogens with zero attached hydrogens (tertiary/aromatic N) is 2. The average molecular weight is 326 g/mol. The fourth-order valence-electron chi connectivity index (χ4n) is 2.54. The van der Waals surface area contributed by atoms with Gasteiger partial charge in [0.2, 0.25) is 0 Å². The molecule has 3 rings (SSSR count). The number of aliphatic imine (C=N–C) groups is 1. The number of rotatable bonds is 1. The number of benzene rings is 2. The summed E-state index contributed by atoms with van der Waals surface area (Å²) in [5, 5.41) is 0. The molecule has 2 aromatic rings. The van der Waals surface area contributed by atoms with E-state index in [4.69, 9.17) is 0 Å². The van der Waals surface area contributed by atoms with Crippen molar-refractivity contribution in [3.05, 3.63) is 65.7 Å². The lowest BCUT2D eigenvalue weighted by Crippen LogP contribution is -2.44. The molecule has 0 bridgehead atoms. The molecule has 5 heteroatoms. The molecule has 0 spiro atoms. The van der Waals surface area contributed by atoms with E-state index in [2.05, 4.69) is 4.99 Å². The van der Waals surface area contributed by atoms with Gasteiger partial charge in [0.05, 0.1) is 16.1 Å². The van der Waals surface area contributed by atoms with Crippen molar-refractivity contribution < 1.29 is 9.00 Å². The van der Waals surface area contributed by atoms with Crippen LogP contribution in [0.4, 0.5) is 4.79 Å². The summed E-state index contributed by atoms with van der Waals surface area (Å²) in [4.78, 5) is 17.6. The maximum absolute atomic E-state index is 13.0. The summed E-state index contributed by atoms with van der Waals surface area (Å²) in [6.45, 7) is 5.57. The maximum atomic E-state index is 13.0. The van der Waals surface area contributed by atoms with E-state index in [1.54, 1.807) is 6.07 Å². The summed E-state index contributed by atoms with van der Waals surface area (Å²) < 4.78 is 14.3. The van der Waals surface area contributed by atoms with Crippen molar-refractivity contribution >= 4 is 22.7 Å². The molecule has 2 amide bonds. The zero-order valence-electron chi connectivity index (χ0n) is 13.3. The van der Waals surface area contributed by atoms with Crippen LogP contribution in [-0.4, -0.2) is 25.8 Å². The molecule has 0 aromatic heterocycles. The van der Waals surface area contributed by atoms with Crippen molar-refractivity contribution in [1.82, 2.24) is 4.31 Å². The van der Waals surface area contributed by atoms with Crippen molar-refractivity contribution in [2.24, 2.45) is 4.99 Å². The Hall–Kier alpha value is -2.27. The number of urea groups is 1. The molecule has 0 radical (unpaired) electrons. The quantitative estimate of drug-likeness (QED) is 0.801. The minimum absolute atomic E-state index is 0.481. The molecule has 0 saturated carbocycles. The van der Waals surface area contributed by atoms with Crippen LogP contribution in [0.3, 0.4) is 0 Å². The van der Waals surface area contributed by atoms with E-state index < -0.39 is 22.6 Å². The Balaban J connectivity index is 2.27. The summed E-state index contributed by atoms with van der Waals surface area (Å²) >= 11 is 0. The highest BCUT2D eigenvalue weighted by Crippen LogP contribution is 2.29. The molecule has 23 heavy (non-hydrogen) atoms. The number of fused-ring (bicyclic) bond motifs is 1. The maximum Gasteiger partial charge on any atom is 0.356 e. The summed E-state index contributed by atoms with van der Waals surface area (Å²) in [5.41, 5.74) is 1.54. The van der Waals surface area contributed by atoms with Crippen LogP contribution in [0.5, 0.6) is 0 Å². The van der Waals surface area contributed by atoms with Gasteiger partial charge in [0.15, 0.2) is 11.0 Å². The van der Waals surface area contributed by atoms with Crippen molar-refractivity contribution in [3.8, 4) is 0 Å². The lowest BCUT2D eigenvalue weighted by Gasteiger charge is -2.31. The molecule has 0 aliphatic carbocycles. The van der Waals surface area contributed by atoms with Gasteiger partial charge < -0.3 is 0 Å². The second-order valence-corrected chi connectivity index (χ2v) is 7.62. The second-order valence-electron chi connectivity index (χ2n) is 6.32. The van der Waals surface area contributed by atoms with Gasteiger partial charge in [-0.1, -0.05) is 48.5 Å². The SMILES string of the molecule is CC(C)(C)N1C(=O)N=C(c2ccccc2)c2ccccc2[S@]1=O. The Kier molecular flexibility index (Phi) is 3.90. The first-order valence-electron chi connectivity index (χ1n) is 7.39. The largest absolute Gasteiger partial charge is 0.356 e. The average Bonchev–Trinajstić information content (AvgIpc) is 2.63. The predicted octanol–water partition coefficient (Wildman–Crippen LogP) is 3.78. The number of carbonyl (C=O) groups excluding carboxylic acids is 1. The van der Waals surface area contributed by atoms with E-state index in [-0.39, 0.29) is 0 Å². The first-order chi connectivity index (χ1) is 10.9. The lowest BCUT2D eigenvalue weighted by molar-refractivity contribution is 0.209. The van der Waals surface area contributed by atoms with Gasteiger partial charge in [-0.2, -0.15) is 4.99 Å². The highest BCUT2D eigenvalue weighted by molar-refractivity contribution is 7.83. The van der Waals surface area contributed by atoms with Gasteiger partial charge in [-0.3, -0.25) is 0 Å². The molecule has 1 atom stereocenters. The molecule has 118 valence electrons. The van der Waals surface area contributed by atoms with Crippen LogP contribution in [0.2, 0.25) is 0 Å². The third-order valence-corrected chi connectivity index (χ3v) is 5.30. The Bertz CT molecular complexity index is 807. The lowest BCUT2D eigenvalue weighted by atomic mass is 10.0. The Morgan fingerprint density at radius 3 is 2.22 bits per heavy atom. The first kappa shape index (κ1) is 15.6. The molecule has 0 saturated heterocycles. The molecule has 2 aromatic carbocycles. The smallest absolute Gasteiger partial charge is 0.245 e. The Morgan fingerprint density at radius 2 is 1.57 bits per heavy atom. The standard InChI is InChI=1S/C18H18N2O2S/c1-18(2,3)20-17(21)19-16(13-9-5-4-6-10-13)14-11-7-8-12-15(14)23(20)22/h4-12H,1-3H3/t23-/m1/s1. The monoisotopic (exact) mass is 326 g/mol. The van der Waals surface area contributed by atoms with Gasteiger partial charge >= 0.3 is 6.03 Å². The van der Waals surface area contributed by atoms with Crippen LogP contribution in [0, 0.1) is 0 Å². The van der Waals surface area contributed by atoms with E-state index >= 15 is 0 Å². The zero-order chi connectivity index (χ0) is 16.6. The van der Waals surface area contributed by atoms with Gasteiger partial charge in [0.25, 0.3) is 0 Å². The normalized spacial score (nSPS) is 18.2. The molecule has 0 N–H and O–H groups in total. The van der Waals surface area contributed by atoms with E-state index in [0.29, 0.717) is 10.6 Å². The van der Waals surface area contributed by atoms with Crippen molar-refractivity contribution in [1.29, 1.82) is 0 Å². The number of amides is 2. The van der Waals surface area contributed by atoms with Gasteiger partial charge in [-0.15, -0.1) is 0 Å². The van der Waals surface area contributed by atoms with Gasteiger partial charge in [-0.25, -0.2) is 13.3 Å². The fraction of sp³-hybridized carbons (Fsp3) is 0.222. The summed E-state index contributed by atoms with van der Waals surface area (Å²) in [5.74, 6) is 0. The molecular weight excluding hydrogens is 308 g/mol. The summed E-state index contributed by atoms with van der Waals surface area (Å²) in [7, 11) is -1.60. The third kappa shape index (κ3) is 2.84. The van der Waals surface area contributed by atoms with Gasteiger partial charge in [0, 0.05) is 11.1 Å².